The molecule has 0 spiro atoms. The van der Waals surface area contributed by atoms with E-state index in [9.17, 15) is 9.59 Å². The molecule has 0 saturated heterocycles. The van der Waals surface area contributed by atoms with Gasteiger partial charge in [0.2, 0.25) is 5.91 Å². The molecule has 28 heavy (non-hydrogen) atoms. The van der Waals surface area contributed by atoms with Crippen LogP contribution < -0.4 is 10.6 Å². The van der Waals surface area contributed by atoms with Crippen molar-refractivity contribution in [3.8, 4) is 0 Å². The Kier molecular flexibility index (Phi) is 6.89. The average Bonchev–Trinajstić information content (AvgIpc) is 3.24. The fourth-order valence-electron chi connectivity index (χ4n) is 2.70. The first-order chi connectivity index (χ1) is 13.7. The minimum Gasteiger partial charge on any atom is -0.352 e. The fourth-order valence-corrected chi connectivity index (χ4v) is 2.70. The molecule has 1 heterocycles. The molecule has 2 amide bonds. The molecule has 0 aliphatic carbocycles. The summed E-state index contributed by atoms with van der Waals surface area (Å²) in [5.41, 5.74) is 2.78. The molecule has 0 bridgehead atoms. The van der Waals surface area contributed by atoms with Crippen LogP contribution in [-0.4, -0.2) is 33.1 Å². The van der Waals surface area contributed by atoms with Gasteiger partial charge in [-0.15, -0.1) is 0 Å². The van der Waals surface area contributed by atoms with Crippen molar-refractivity contribution in [2.45, 2.75) is 25.9 Å². The van der Waals surface area contributed by atoms with Gasteiger partial charge in [-0.3, -0.25) is 9.59 Å². The number of benzene rings is 2. The predicted octanol–water partition coefficient (Wildman–Crippen LogP) is 2.15. The van der Waals surface area contributed by atoms with E-state index in [0.29, 0.717) is 38.0 Å². The van der Waals surface area contributed by atoms with Gasteiger partial charge in [0.25, 0.3) is 5.91 Å². The molecule has 1 aromatic heterocycles. The second kappa shape index (κ2) is 10.0. The molecule has 0 radical (unpaired) electrons. The Balaban J connectivity index is 1.32. The lowest BCUT2D eigenvalue weighted by Crippen LogP contribution is -2.27. The number of carbonyl (C=O) groups is 2. The molecule has 2 N–H and O–H groups in total. The van der Waals surface area contributed by atoms with Crippen LogP contribution in [0, 0.1) is 0 Å². The van der Waals surface area contributed by atoms with E-state index in [0.717, 1.165) is 11.1 Å². The highest BCUT2D eigenvalue weighted by molar-refractivity contribution is 5.94. The van der Waals surface area contributed by atoms with Crippen molar-refractivity contribution < 1.29 is 9.59 Å². The van der Waals surface area contributed by atoms with Crippen LogP contribution in [0.4, 0.5) is 0 Å². The summed E-state index contributed by atoms with van der Waals surface area (Å²) in [5, 5.41) is 9.81. The summed E-state index contributed by atoms with van der Waals surface area (Å²) in [6.07, 6.45) is 4.16. The predicted molar refractivity (Wildman–Crippen MR) is 105 cm³/mol. The van der Waals surface area contributed by atoms with Gasteiger partial charge in [-0.1, -0.05) is 42.5 Å². The Hall–Kier alpha value is -3.48. The Morgan fingerprint density at radius 1 is 0.929 bits per heavy atom. The molecule has 2 aromatic carbocycles. The third kappa shape index (κ3) is 6.05. The van der Waals surface area contributed by atoms with Crippen LogP contribution in [0.1, 0.15) is 34.3 Å². The molecule has 7 nitrogen and oxygen atoms in total. The van der Waals surface area contributed by atoms with Gasteiger partial charge in [0.15, 0.2) is 0 Å². The van der Waals surface area contributed by atoms with Gasteiger partial charge in [0.1, 0.15) is 12.7 Å². The molecule has 3 aromatic rings. The maximum absolute atomic E-state index is 12.0. The molecule has 0 unspecified atom stereocenters. The van der Waals surface area contributed by atoms with Crippen LogP contribution in [0.5, 0.6) is 0 Å². The van der Waals surface area contributed by atoms with E-state index in [1.165, 1.54) is 6.33 Å². The standard InChI is InChI=1S/C21H23N5O2/c27-20(7-4-12-23-21(28)19-5-2-1-3-6-19)24-13-17-8-10-18(11-9-17)14-26-16-22-15-25-26/h1-3,5-6,8-11,15-16H,4,7,12-14H2,(H,23,28)(H,24,27). The highest BCUT2D eigenvalue weighted by Gasteiger charge is 2.05. The topological polar surface area (TPSA) is 88.9 Å². The number of nitrogens with one attached hydrogen (secondary N) is 2. The van der Waals surface area contributed by atoms with E-state index in [4.69, 9.17) is 0 Å². The van der Waals surface area contributed by atoms with E-state index in [-0.39, 0.29) is 11.8 Å². The van der Waals surface area contributed by atoms with Crippen molar-refractivity contribution in [1.82, 2.24) is 25.4 Å². The Morgan fingerprint density at radius 3 is 2.39 bits per heavy atom. The maximum Gasteiger partial charge on any atom is 0.251 e. The molecule has 0 saturated carbocycles. The third-order valence-electron chi connectivity index (χ3n) is 4.23. The number of nitrogens with zero attached hydrogens (tertiary/aromatic N) is 3. The summed E-state index contributed by atoms with van der Waals surface area (Å²) in [6.45, 7) is 1.62. The Bertz CT molecular complexity index is 877. The van der Waals surface area contributed by atoms with Gasteiger partial charge in [0.05, 0.1) is 6.54 Å². The van der Waals surface area contributed by atoms with Crippen LogP contribution in [0.3, 0.4) is 0 Å². The van der Waals surface area contributed by atoms with Gasteiger partial charge in [-0.2, -0.15) is 5.10 Å². The number of hydrogen-bond acceptors (Lipinski definition) is 4. The monoisotopic (exact) mass is 377 g/mol. The number of aromatic nitrogens is 3. The van der Waals surface area contributed by atoms with Crippen LogP contribution >= 0.6 is 0 Å². The van der Waals surface area contributed by atoms with E-state index in [1.54, 1.807) is 23.1 Å². The van der Waals surface area contributed by atoms with Crippen molar-refractivity contribution >= 4 is 11.8 Å². The largest absolute Gasteiger partial charge is 0.352 e. The van der Waals surface area contributed by atoms with Crippen LogP contribution in [-0.2, 0) is 17.9 Å². The molecule has 0 aliphatic heterocycles. The van der Waals surface area contributed by atoms with Gasteiger partial charge in [-0.25, -0.2) is 9.67 Å². The van der Waals surface area contributed by atoms with Gasteiger partial charge in [-0.05, 0) is 29.7 Å². The van der Waals surface area contributed by atoms with Crippen molar-refractivity contribution in [1.29, 1.82) is 0 Å². The third-order valence-corrected chi connectivity index (χ3v) is 4.23. The molecular weight excluding hydrogens is 354 g/mol. The number of amides is 2. The number of hydrogen-bond donors (Lipinski definition) is 2. The van der Waals surface area contributed by atoms with Crippen molar-refractivity contribution in [2.75, 3.05) is 6.54 Å². The highest BCUT2D eigenvalue weighted by Crippen LogP contribution is 2.06. The molecule has 3 rings (SSSR count). The van der Waals surface area contributed by atoms with E-state index in [1.807, 2.05) is 42.5 Å². The van der Waals surface area contributed by atoms with Crippen molar-refractivity contribution in [3.63, 3.8) is 0 Å². The lowest BCUT2D eigenvalue weighted by molar-refractivity contribution is -0.121. The first-order valence-electron chi connectivity index (χ1n) is 9.21. The summed E-state index contributed by atoms with van der Waals surface area (Å²) in [7, 11) is 0. The Labute approximate surface area is 163 Å². The summed E-state index contributed by atoms with van der Waals surface area (Å²) in [5.74, 6) is -0.146. The van der Waals surface area contributed by atoms with Crippen LogP contribution in [0.2, 0.25) is 0 Å². The lowest BCUT2D eigenvalue weighted by Gasteiger charge is -2.08. The zero-order valence-corrected chi connectivity index (χ0v) is 15.5. The highest BCUT2D eigenvalue weighted by atomic mass is 16.2. The van der Waals surface area contributed by atoms with Crippen LogP contribution in [0.25, 0.3) is 0 Å². The maximum atomic E-state index is 12.0. The first-order valence-corrected chi connectivity index (χ1v) is 9.21. The average molecular weight is 377 g/mol. The normalized spacial score (nSPS) is 10.4. The fraction of sp³-hybridized carbons (Fsp3) is 0.238. The minimum atomic E-state index is -0.119. The minimum absolute atomic E-state index is 0.0272. The summed E-state index contributed by atoms with van der Waals surface area (Å²) >= 11 is 0. The van der Waals surface area contributed by atoms with Gasteiger partial charge >= 0.3 is 0 Å². The summed E-state index contributed by atoms with van der Waals surface area (Å²) in [6, 6.07) is 17.1. The zero-order chi connectivity index (χ0) is 19.6. The van der Waals surface area contributed by atoms with E-state index >= 15 is 0 Å². The molecular formula is C21H23N5O2. The molecule has 144 valence electrons. The summed E-state index contributed by atoms with van der Waals surface area (Å²) in [4.78, 5) is 27.8. The quantitative estimate of drug-likeness (QED) is 0.559. The van der Waals surface area contributed by atoms with E-state index < -0.39 is 0 Å². The van der Waals surface area contributed by atoms with Crippen molar-refractivity contribution in [2.24, 2.45) is 0 Å². The second-order valence-electron chi connectivity index (χ2n) is 6.41. The number of carbonyl (C=O) groups excluding carboxylic acids is 2. The molecule has 0 fully saturated rings. The molecule has 7 heteroatoms. The van der Waals surface area contributed by atoms with Crippen molar-refractivity contribution in [3.05, 3.63) is 83.9 Å². The zero-order valence-electron chi connectivity index (χ0n) is 15.5. The summed E-state index contributed by atoms with van der Waals surface area (Å²) < 4.78 is 1.76. The number of rotatable bonds is 9. The smallest absolute Gasteiger partial charge is 0.251 e. The molecule has 0 aliphatic rings. The second-order valence-corrected chi connectivity index (χ2v) is 6.41. The van der Waals surface area contributed by atoms with E-state index in [2.05, 4.69) is 20.7 Å². The SMILES string of the molecule is O=C(CCCNC(=O)c1ccccc1)NCc1ccc(Cn2cncn2)cc1. The van der Waals surface area contributed by atoms with Gasteiger partial charge in [0, 0.05) is 25.1 Å². The lowest BCUT2D eigenvalue weighted by atomic mass is 10.1. The van der Waals surface area contributed by atoms with Gasteiger partial charge < -0.3 is 10.6 Å². The Morgan fingerprint density at radius 2 is 1.68 bits per heavy atom. The first kappa shape index (κ1) is 19.3. The van der Waals surface area contributed by atoms with Crippen LogP contribution in [0.15, 0.2) is 67.3 Å². The molecule has 0 atom stereocenters.